The predicted molar refractivity (Wildman–Crippen MR) is 139 cm³/mol. The summed E-state index contributed by atoms with van der Waals surface area (Å²) >= 11 is 0. The molecule has 180 valence electrons. The zero-order chi connectivity index (χ0) is 24.9. The smallest absolute Gasteiger partial charge is 0.274 e. The number of hydrogen-bond acceptors (Lipinski definition) is 5. The number of fused-ring (bicyclic) bond motifs is 1. The normalized spacial score (nSPS) is 11.9. The number of ether oxygens (including phenoxy) is 2. The standard InChI is InChI=1S/C29H30N2O4/c1-5-8-21-13-14-26(27(16-21)34-4)35-18-22(32)17-31-29(33)24-10-7-6-9-23(24)28(30-31)25-15-19(2)11-12-20(25)3/h5-7,9-16,22,32H,1,8,17-18H2,2-4H3. The van der Waals surface area contributed by atoms with Crippen LogP contribution in [0.15, 0.2) is 78.1 Å². The average Bonchev–Trinajstić information content (AvgIpc) is 2.86. The van der Waals surface area contributed by atoms with Gasteiger partial charge in [0.25, 0.3) is 5.56 Å². The Labute approximate surface area is 205 Å². The number of aliphatic hydroxyl groups is 1. The van der Waals surface area contributed by atoms with Crippen molar-refractivity contribution in [3.63, 3.8) is 0 Å². The zero-order valence-electron chi connectivity index (χ0n) is 20.3. The molecule has 0 aliphatic carbocycles. The summed E-state index contributed by atoms with van der Waals surface area (Å²) < 4.78 is 12.6. The van der Waals surface area contributed by atoms with Crippen molar-refractivity contribution >= 4 is 10.8 Å². The molecule has 4 aromatic rings. The minimum Gasteiger partial charge on any atom is -0.493 e. The van der Waals surface area contributed by atoms with E-state index in [1.54, 1.807) is 13.2 Å². The number of aliphatic hydroxyl groups excluding tert-OH is 1. The third-order valence-electron chi connectivity index (χ3n) is 5.94. The van der Waals surface area contributed by atoms with Gasteiger partial charge in [0.05, 0.1) is 24.7 Å². The van der Waals surface area contributed by atoms with E-state index in [1.807, 2.05) is 62.4 Å². The van der Waals surface area contributed by atoms with Gasteiger partial charge in [-0.2, -0.15) is 5.10 Å². The van der Waals surface area contributed by atoms with Crippen LogP contribution >= 0.6 is 0 Å². The fraction of sp³-hybridized carbons (Fsp3) is 0.241. The van der Waals surface area contributed by atoms with E-state index >= 15 is 0 Å². The molecule has 0 spiro atoms. The van der Waals surface area contributed by atoms with E-state index in [1.165, 1.54) is 4.68 Å². The Balaban J connectivity index is 1.62. The first-order chi connectivity index (χ1) is 16.9. The SMILES string of the molecule is C=CCc1ccc(OCC(O)Cn2nc(-c3cc(C)ccc3C)c3ccccc3c2=O)c(OC)c1. The van der Waals surface area contributed by atoms with E-state index in [9.17, 15) is 9.90 Å². The van der Waals surface area contributed by atoms with Crippen LogP contribution in [0.5, 0.6) is 11.5 Å². The van der Waals surface area contributed by atoms with Gasteiger partial charge in [0.15, 0.2) is 11.5 Å². The predicted octanol–water partition coefficient (Wildman–Crippen LogP) is 4.86. The highest BCUT2D eigenvalue weighted by Gasteiger charge is 2.17. The molecule has 3 aromatic carbocycles. The highest BCUT2D eigenvalue weighted by Crippen LogP contribution is 2.29. The number of aromatic nitrogens is 2. The summed E-state index contributed by atoms with van der Waals surface area (Å²) in [6, 6.07) is 19.2. The molecule has 0 saturated heterocycles. The molecule has 0 amide bonds. The molecule has 0 bridgehead atoms. The summed E-state index contributed by atoms with van der Waals surface area (Å²) in [5.74, 6) is 1.10. The number of nitrogens with zero attached hydrogens (tertiary/aromatic N) is 2. The molecule has 6 nitrogen and oxygen atoms in total. The number of methoxy groups -OCH3 is 1. The molecule has 1 aromatic heterocycles. The van der Waals surface area contributed by atoms with E-state index in [-0.39, 0.29) is 18.7 Å². The van der Waals surface area contributed by atoms with E-state index in [2.05, 4.69) is 23.8 Å². The second-order valence-electron chi connectivity index (χ2n) is 8.64. The lowest BCUT2D eigenvalue weighted by molar-refractivity contribution is 0.0868. The van der Waals surface area contributed by atoms with Gasteiger partial charge >= 0.3 is 0 Å². The molecule has 35 heavy (non-hydrogen) atoms. The summed E-state index contributed by atoms with van der Waals surface area (Å²) in [7, 11) is 1.57. The van der Waals surface area contributed by atoms with Crippen LogP contribution in [-0.4, -0.2) is 34.7 Å². The highest BCUT2D eigenvalue weighted by molar-refractivity contribution is 5.94. The van der Waals surface area contributed by atoms with Gasteiger partial charge in [0.1, 0.15) is 12.7 Å². The Bertz CT molecular complexity index is 1420. The molecule has 0 fully saturated rings. The minimum atomic E-state index is -0.953. The van der Waals surface area contributed by atoms with Crippen molar-refractivity contribution in [1.82, 2.24) is 9.78 Å². The summed E-state index contributed by atoms with van der Waals surface area (Å²) in [6.45, 7) is 7.79. The molecule has 6 heteroatoms. The maximum Gasteiger partial charge on any atom is 0.274 e. The quantitative estimate of drug-likeness (QED) is 0.354. The molecule has 1 unspecified atom stereocenters. The Morgan fingerprint density at radius 1 is 1.06 bits per heavy atom. The lowest BCUT2D eigenvalue weighted by Crippen LogP contribution is -2.32. The van der Waals surface area contributed by atoms with Crippen LogP contribution < -0.4 is 15.0 Å². The third-order valence-corrected chi connectivity index (χ3v) is 5.94. The zero-order valence-corrected chi connectivity index (χ0v) is 20.3. The second kappa shape index (κ2) is 10.6. The van der Waals surface area contributed by atoms with Gasteiger partial charge in [0, 0.05) is 10.9 Å². The molecule has 1 atom stereocenters. The van der Waals surface area contributed by atoms with Gasteiger partial charge in [-0.05, 0) is 55.7 Å². The van der Waals surface area contributed by atoms with Crippen LogP contribution in [0.3, 0.4) is 0 Å². The van der Waals surface area contributed by atoms with Crippen molar-refractivity contribution in [2.75, 3.05) is 13.7 Å². The molecule has 0 radical (unpaired) electrons. The Morgan fingerprint density at radius 2 is 1.83 bits per heavy atom. The summed E-state index contributed by atoms with van der Waals surface area (Å²) in [5.41, 5.74) is 4.65. The molecule has 1 N–H and O–H groups in total. The van der Waals surface area contributed by atoms with E-state index in [4.69, 9.17) is 9.47 Å². The summed E-state index contributed by atoms with van der Waals surface area (Å²) in [4.78, 5) is 13.2. The van der Waals surface area contributed by atoms with Crippen molar-refractivity contribution in [2.24, 2.45) is 0 Å². The van der Waals surface area contributed by atoms with Crippen LogP contribution in [0.2, 0.25) is 0 Å². The van der Waals surface area contributed by atoms with Gasteiger partial charge in [-0.25, -0.2) is 4.68 Å². The lowest BCUT2D eigenvalue weighted by Gasteiger charge is -2.17. The first-order valence-electron chi connectivity index (χ1n) is 11.6. The van der Waals surface area contributed by atoms with Gasteiger partial charge in [-0.3, -0.25) is 4.79 Å². The van der Waals surface area contributed by atoms with Crippen molar-refractivity contribution < 1.29 is 14.6 Å². The van der Waals surface area contributed by atoms with Crippen molar-refractivity contribution in [1.29, 1.82) is 0 Å². The van der Waals surface area contributed by atoms with Gasteiger partial charge < -0.3 is 14.6 Å². The number of benzene rings is 3. The van der Waals surface area contributed by atoms with Crippen LogP contribution in [0, 0.1) is 13.8 Å². The Kier molecular flexibility index (Phi) is 7.32. The Morgan fingerprint density at radius 3 is 2.57 bits per heavy atom. The second-order valence-corrected chi connectivity index (χ2v) is 8.64. The molecule has 4 rings (SSSR count). The first kappa shape index (κ1) is 24.2. The number of hydrogen-bond donors (Lipinski definition) is 1. The van der Waals surface area contributed by atoms with Crippen LogP contribution in [-0.2, 0) is 13.0 Å². The lowest BCUT2D eigenvalue weighted by atomic mass is 9.99. The van der Waals surface area contributed by atoms with Crippen molar-refractivity contribution in [2.45, 2.75) is 32.9 Å². The minimum absolute atomic E-state index is 0.00159. The molecule has 1 heterocycles. The molecule has 0 saturated carbocycles. The molecular weight excluding hydrogens is 440 g/mol. The molecular formula is C29H30N2O4. The monoisotopic (exact) mass is 470 g/mol. The summed E-state index contributed by atoms with van der Waals surface area (Å²) in [6.07, 6.45) is 1.59. The number of rotatable bonds is 9. The maximum absolute atomic E-state index is 13.2. The van der Waals surface area contributed by atoms with Crippen molar-refractivity contribution in [3.8, 4) is 22.8 Å². The third kappa shape index (κ3) is 5.28. The fourth-order valence-electron chi connectivity index (χ4n) is 4.11. The van der Waals surface area contributed by atoms with E-state index < -0.39 is 6.10 Å². The van der Waals surface area contributed by atoms with Crippen LogP contribution in [0.1, 0.15) is 16.7 Å². The summed E-state index contributed by atoms with van der Waals surface area (Å²) in [5, 5.41) is 16.8. The largest absolute Gasteiger partial charge is 0.493 e. The highest BCUT2D eigenvalue weighted by atomic mass is 16.5. The Hall–Kier alpha value is -3.90. The van der Waals surface area contributed by atoms with E-state index in [0.717, 1.165) is 34.1 Å². The van der Waals surface area contributed by atoms with Gasteiger partial charge in [0.2, 0.25) is 0 Å². The van der Waals surface area contributed by atoms with Crippen LogP contribution in [0.25, 0.3) is 22.0 Å². The van der Waals surface area contributed by atoms with E-state index in [0.29, 0.717) is 22.6 Å². The first-order valence-corrected chi connectivity index (χ1v) is 11.6. The molecule has 0 aliphatic rings. The number of allylic oxidation sites excluding steroid dienone is 1. The van der Waals surface area contributed by atoms with Crippen molar-refractivity contribution in [3.05, 3.63) is 100 Å². The fourth-order valence-corrected chi connectivity index (χ4v) is 4.11. The topological polar surface area (TPSA) is 73.6 Å². The van der Waals surface area contributed by atoms with Crippen LogP contribution in [0.4, 0.5) is 0 Å². The van der Waals surface area contributed by atoms with Gasteiger partial charge in [-0.1, -0.05) is 48.0 Å². The average molecular weight is 471 g/mol. The molecule has 0 aliphatic heterocycles. The maximum atomic E-state index is 13.2. The number of aryl methyl sites for hydroxylation is 2. The van der Waals surface area contributed by atoms with Gasteiger partial charge in [-0.15, -0.1) is 6.58 Å².